The van der Waals surface area contributed by atoms with Crippen LogP contribution in [0.1, 0.15) is 54.9 Å². The second-order valence-corrected chi connectivity index (χ2v) is 6.11. The maximum atomic E-state index is 11.2. The molecule has 1 aromatic rings. The molecule has 3 rings (SSSR count). The SMILES string of the molecule is CCC1CCCCC1N1CCc2ccc(C(=O)O)cc21. The molecule has 0 spiro atoms. The van der Waals surface area contributed by atoms with Gasteiger partial charge in [-0.05, 0) is 42.9 Å². The summed E-state index contributed by atoms with van der Waals surface area (Å²) in [7, 11) is 0. The van der Waals surface area contributed by atoms with Gasteiger partial charge in [-0.2, -0.15) is 0 Å². The summed E-state index contributed by atoms with van der Waals surface area (Å²) in [5.41, 5.74) is 2.91. The molecule has 1 aliphatic heterocycles. The van der Waals surface area contributed by atoms with Crippen molar-refractivity contribution in [2.75, 3.05) is 11.4 Å². The summed E-state index contributed by atoms with van der Waals surface area (Å²) in [6, 6.07) is 6.23. The van der Waals surface area contributed by atoms with Crippen molar-refractivity contribution in [3.05, 3.63) is 29.3 Å². The Hall–Kier alpha value is -1.51. The van der Waals surface area contributed by atoms with E-state index in [9.17, 15) is 9.90 Å². The minimum atomic E-state index is -0.824. The van der Waals surface area contributed by atoms with E-state index in [0.717, 1.165) is 18.9 Å². The largest absolute Gasteiger partial charge is 0.478 e. The third-order valence-corrected chi connectivity index (χ3v) is 5.06. The first-order chi connectivity index (χ1) is 9.70. The summed E-state index contributed by atoms with van der Waals surface area (Å²) < 4.78 is 0. The molecule has 3 nitrogen and oxygen atoms in total. The van der Waals surface area contributed by atoms with Crippen LogP contribution in [0.3, 0.4) is 0 Å². The monoisotopic (exact) mass is 273 g/mol. The van der Waals surface area contributed by atoms with Gasteiger partial charge in [-0.15, -0.1) is 0 Å². The normalized spacial score (nSPS) is 25.6. The summed E-state index contributed by atoms with van der Waals surface area (Å²) in [5, 5.41) is 9.19. The average molecular weight is 273 g/mol. The van der Waals surface area contributed by atoms with E-state index in [4.69, 9.17) is 0 Å². The number of anilines is 1. The van der Waals surface area contributed by atoms with Gasteiger partial charge in [0.15, 0.2) is 0 Å². The van der Waals surface area contributed by atoms with Crippen LogP contribution in [0.15, 0.2) is 18.2 Å². The highest BCUT2D eigenvalue weighted by Gasteiger charge is 2.33. The molecule has 1 aliphatic carbocycles. The topological polar surface area (TPSA) is 40.5 Å². The number of benzene rings is 1. The molecule has 0 bridgehead atoms. The quantitative estimate of drug-likeness (QED) is 0.912. The van der Waals surface area contributed by atoms with Crippen LogP contribution in [0, 0.1) is 5.92 Å². The Morgan fingerprint density at radius 2 is 2.15 bits per heavy atom. The fourth-order valence-electron chi connectivity index (χ4n) is 3.96. The minimum Gasteiger partial charge on any atom is -0.478 e. The van der Waals surface area contributed by atoms with Gasteiger partial charge in [0.05, 0.1) is 5.56 Å². The van der Waals surface area contributed by atoms with Crippen molar-refractivity contribution in [2.24, 2.45) is 5.92 Å². The van der Waals surface area contributed by atoms with Crippen LogP contribution in [0.5, 0.6) is 0 Å². The molecule has 108 valence electrons. The van der Waals surface area contributed by atoms with E-state index in [1.54, 1.807) is 6.07 Å². The third-order valence-electron chi connectivity index (χ3n) is 5.06. The first-order valence-corrected chi connectivity index (χ1v) is 7.83. The number of carboxylic acids is 1. The molecule has 0 amide bonds. The molecular formula is C17H23NO2. The van der Waals surface area contributed by atoms with Crippen molar-refractivity contribution in [1.82, 2.24) is 0 Å². The number of fused-ring (bicyclic) bond motifs is 1. The number of nitrogens with zero attached hydrogens (tertiary/aromatic N) is 1. The molecule has 0 saturated heterocycles. The maximum absolute atomic E-state index is 11.2. The van der Waals surface area contributed by atoms with Gasteiger partial charge in [0.1, 0.15) is 0 Å². The lowest BCUT2D eigenvalue weighted by molar-refractivity contribution is 0.0697. The molecule has 1 N–H and O–H groups in total. The molecule has 2 atom stereocenters. The van der Waals surface area contributed by atoms with Gasteiger partial charge in [0, 0.05) is 18.3 Å². The van der Waals surface area contributed by atoms with Crippen molar-refractivity contribution in [3.8, 4) is 0 Å². The second kappa shape index (κ2) is 5.47. The fourth-order valence-corrected chi connectivity index (χ4v) is 3.96. The number of hydrogen-bond acceptors (Lipinski definition) is 2. The number of carboxylic acid groups (broad SMARTS) is 1. The van der Waals surface area contributed by atoms with E-state index >= 15 is 0 Å². The predicted octanol–water partition coefficient (Wildman–Crippen LogP) is 3.72. The first-order valence-electron chi connectivity index (χ1n) is 7.83. The van der Waals surface area contributed by atoms with Crippen molar-refractivity contribution in [3.63, 3.8) is 0 Å². The van der Waals surface area contributed by atoms with Gasteiger partial charge in [0.2, 0.25) is 0 Å². The van der Waals surface area contributed by atoms with Crippen molar-refractivity contribution < 1.29 is 9.90 Å². The van der Waals surface area contributed by atoms with Gasteiger partial charge < -0.3 is 10.0 Å². The molecule has 0 aromatic heterocycles. The zero-order valence-electron chi connectivity index (χ0n) is 12.1. The summed E-state index contributed by atoms with van der Waals surface area (Å²) >= 11 is 0. The zero-order chi connectivity index (χ0) is 14.1. The molecule has 3 heteroatoms. The van der Waals surface area contributed by atoms with Crippen LogP contribution in [-0.4, -0.2) is 23.7 Å². The number of carbonyl (C=O) groups is 1. The summed E-state index contributed by atoms with van der Waals surface area (Å²) in [5.74, 6) is -0.0569. The average Bonchev–Trinajstić information content (AvgIpc) is 2.89. The molecule has 1 aromatic carbocycles. The lowest BCUT2D eigenvalue weighted by Crippen LogP contribution is -2.41. The molecule has 1 saturated carbocycles. The molecule has 2 unspecified atom stereocenters. The van der Waals surface area contributed by atoms with Crippen molar-refractivity contribution in [2.45, 2.75) is 51.5 Å². The lowest BCUT2D eigenvalue weighted by Gasteiger charge is -2.39. The van der Waals surface area contributed by atoms with Crippen LogP contribution < -0.4 is 4.90 Å². The number of aromatic carboxylic acids is 1. The Labute approximate surface area is 120 Å². The van der Waals surface area contributed by atoms with Gasteiger partial charge in [-0.3, -0.25) is 0 Å². The Morgan fingerprint density at radius 3 is 2.90 bits per heavy atom. The summed E-state index contributed by atoms with van der Waals surface area (Å²) in [4.78, 5) is 13.7. The lowest BCUT2D eigenvalue weighted by atomic mass is 9.82. The smallest absolute Gasteiger partial charge is 0.335 e. The fraction of sp³-hybridized carbons (Fsp3) is 0.588. The Balaban J connectivity index is 1.90. The summed E-state index contributed by atoms with van der Waals surface area (Å²) in [6.07, 6.45) is 7.54. The summed E-state index contributed by atoms with van der Waals surface area (Å²) in [6.45, 7) is 3.34. The Bertz CT molecular complexity index is 512. The van der Waals surface area contributed by atoms with Crippen LogP contribution in [0.25, 0.3) is 0 Å². The number of rotatable bonds is 3. The third kappa shape index (κ3) is 2.30. The van der Waals surface area contributed by atoms with E-state index in [1.807, 2.05) is 12.1 Å². The van der Waals surface area contributed by atoms with E-state index in [1.165, 1.54) is 43.4 Å². The highest BCUT2D eigenvalue weighted by molar-refractivity contribution is 5.89. The zero-order valence-corrected chi connectivity index (χ0v) is 12.1. The Kier molecular flexibility index (Phi) is 3.68. The van der Waals surface area contributed by atoms with Gasteiger partial charge in [0.25, 0.3) is 0 Å². The van der Waals surface area contributed by atoms with Gasteiger partial charge in [-0.1, -0.05) is 32.3 Å². The van der Waals surface area contributed by atoms with E-state index in [-0.39, 0.29) is 0 Å². The Morgan fingerprint density at radius 1 is 1.35 bits per heavy atom. The van der Waals surface area contributed by atoms with Crippen LogP contribution in [0.2, 0.25) is 0 Å². The molecule has 20 heavy (non-hydrogen) atoms. The number of hydrogen-bond donors (Lipinski definition) is 1. The van der Waals surface area contributed by atoms with Crippen molar-refractivity contribution >= 4 is 11.7 Å². The van der Waals surface area contributed by atoms with Crippen LogP contribution in [-0.2, 0) is 6.42 Å². The first kappa shape index (κ1) is 13.5. The van der Waals surface area contributed by atoms with Crippen LogP contribution >= 0.6 is 0 Å². The van der Waals surface area contributed by atoms with Gasteiger partial charge in [-0.25, -0.2) is 4.79 Å². The standard InChI is InChI=1S/C17H23NO2/c1-2-12-5-3-4-6-15(12)18-10-9-13-7-8-14(17(19)20)11-16(13)18/h7-8,11-12,15H,2-6,9-10H2,1H3,(H,19,20). The minimum absolute atomic E-state index is 0.416. The van der Waals surface area contributed by atoms with E-state index in [0.29, 0.717) is 11.6 Å². The predicted molar refractivity (Wildman–Crippen MR) is 80.5 cm³/mol. The van der Waals surface area contributed by atoms with Gasteiger partial charge >= 0.3 is 5.97 Å². The molecule has 0 radical (unpaired) electrons. The highest BCUT2D eigenvalue weighted by atomic mass is 16.4. The molecule has 1 heterocycles. The van der Waals surface area contributed by atoms with E-state index in [2.05, 4.69) is 11.8 Å². The van der Waals surface area contributed by atoms with E-state index < -0.39 is 5.97 Å². The highest BCUT2D eigenvalue weighted by Crippen LogP contribution is 2.38. The maximum Gasteiger partial charge on any atom is 0.335 e. The van der Waals surface area contributed by atoms with Crippen molar-refractivity contribution in [1.29, 1.82) is 0 Å². The van der Waals surface area contributed by atoms with Crippen LogP contribution in [0.4, 0.5) is 5.69 Å². The molecule has 2 aliphatic rings. The second-order valence-electron chi connectivity index (χ2n) is 6.11. The molecular weight excluding hydrogens is 250 g/mol. The molecule has 1 fully saturated rings.